The first-order valence-corrected chi connectivity index (χ1v) is 9.51. The lowest BCUT2D eigenvalue weighted by molar-refractivity contribution is 0.109. The van der Waals surface area contributed by atoms with Gasteiger partial charge in [-0.25, -0.2) is 10.2 Å². The first kappa shape index (κ1) is 21.3. The smallest absolute Gasteiger partial charge is 0.412 e. The maximum absolute atomic E-state index is 12.6. The van der Waals surface area contributed by atoms with Crippen LogP contribution in [0.2, 0.25) is 0 Å². The highest BCUT2D eigenvalue weighted by atomic mass is 16.6. The van der Waals surface area contributed by atoms with Gasteiger partial charge >= 0.3 is 6.09 Å². The maximum atomic E-state index is 12.6. The van der Waals surface area contributed by atoms with E-state index in [9.17, 15) is 4.79 Å². The van der Waals surface area contributed by atoms with Crippen molar-refractivity contribution in [1.82, 2.24) is 16.2 Å². The number of allylic oxidation sites excluding steroid dienone is 1. The molecule has 5 N–H and O–H groups in total. The monoisotopic (exact) mass is 382 g/mol. The third kappa shape index (κ3) is 5.76. The van der Waals surface area contributed by atoms with Gasteiger partial charge in [0, 0.05) is 24.0 Å². The van der Waals surface area contributed by atoms with Crippen molar-refractivity contribution in [2.24, 2.45) is 0 Å². The largest absolute Gasteiger partial charge is 0.441 e. The zero-order valence-electron chi connectivity index (χ0n) is 17.0. The molecule has 0 fully saturated rings. The summed E-state index contributed by atoms with van der Waals surface area (Å²) in [5, 5.41) is 2.92. The maximum Gasteiger partial charge on any atom is 0.412 e. The van der Waals surface area contributed by atoms with Gasteiger partial charge in [0.2, 0.25) is 0 Å². The minimum Gasteiger partial charge on any atom is -0.441 e. The molecule has 0 aliphatic carbocycles. The van der Waals surface area contributed by atoms with E-state index in [2.05, 4.69) is 23.1 Å². The van der Waals surface area contributed by atoms with Crippen molar-refractivity contribution in [1.29, 1.82) is 0 Å². The van der Waals surface area contributed by atoms with E-state index < -0.39 is 6.09 Å². The Kier molecular flexibility index (Phi) is 7.89. The number of alkyl carbamates (subject to hydrolysis) is 1. The quantitative estimate of drug-likeness (QED) is 0.405. The summed E-state index contributed by atoms with van der Waals surface area (Å²) in [5.74, 6) is 0. The van der Waals surface area contributed by atoms with Crippen molar-refractivity contribution in [2.75, 3.05) is 12.8 Å². The van der Waals surface area contributed by atoms with Crippen LogP contribution in [-0.4, -0.2) is 13.1 Å². The van der Waals surface area contributed by atoms with Crippen molar-refractivity contribution in [2.45, 2.75) is 39.7 Å². The van der Waals surface area contributed by atoms with Crippen LogP contribution in [0.4, 0.5) is 10.5 Å². The van der Waals surface area contributed by atoms with Gasteiger partial charge in [-0.2, -0.15) is 0 Å². The molecular formula is C22H30N4O2. The fourth-order valence-corrected chi connectivity index (χ4v) is 3.02. The van der Waals surface area contributed by atoms with E-state index >= 15 is 0 Å². The molecule has 0 aromatic heterocycles. The molecule has 28 heavy (non-hydrogen) atoms. The Hall–Kier alpha value is -2.99. The molecule has 150 valence electrons. The summed E-state index contributed by atoms with van der Waals surface area (Å²) in [7, 11) is 1.78. The average Bonchev–Trinajstić information content (AvgIpc) is 2.67. The lowest BCUT2D eigenvalue weighted by atomic mass is 10.0. The predicted molar refractivity (Wildman–Crippen MR) is 114 cm³/mol. The molecule has 0 aliphatic heterocycles. The van der Waals surface area contributed by atoms with Crippen molar-refractivity contribution in [3.8, 4) is 0 Å². The number of hydrogen-bond acceptors (Lipinski definition) is 5. The minimum absolute atomic E-state index is 0.346. The van der Waals surface area contributed by atoms with Crippen LogP contribution >= 0.6 is 0 Å². The number of hydrazine groups is 1. The van der Waals surface area contributed by atoms with E-state index in [1.807, 2.05) is 62.4 Å². The summed E-state index contributed by atoms with van der Waals surface area (Å²) in [4.78, 5) is 12.6. The predicted octanol–water partition coefficient (Wildman–Crippen LogP) is 4.26. The SMILES string of the molecule is CCC/C(NC(=O)OC(C)c1ccccc1C)=C(\NNC)c1ccc(N)cc1. The molecule has 1 amide bonds. The summed E-state index contributed by atoms with van der Waals surface area (Å²) >= 11 is 0. The Morgan fingerprint density at radius 1 is 1.14 bits per heavy atom. The van der Waals surface area contributed by atoms with Gasteiger partial charge in [0.1, 0.15) is 6.10 Å². The second kappa shape index (κ2) is 10.4. The standard InChI is InChI=1S/C22H30N4O2/c1-5-8-20(21(26-24-4)17-11-13-18(23)14-12-17)25-22(27)28-16(3)19-10-7-6-9-15(19)2/h6-7,9-14,16,24,26H,5,8,23H2,1-4H3,(H,25,27)/b21-20+. The van der Waals surface area contributed by atoms with E-state index in [0.717, 1.165) is 34.5 Å². The molecule has 0 bridgehead atoms. The molecule has 6 heteroatoms. The van der Waals surface area contributed by atoms with E-state index in [1.165, 1.54) is 0 Å². The number of carbonyl (C=O) groups excluding carboxylic acids is 1. The van der Waals surface area contributed by atoms with Gasteiger partial charge in [0.05, 0.1) is 5.70 Å². The third-order valence-electron chi connectivity index (χ3n) is 4.41. The number of amides is 1. The Bertz CT molecular complexity index is 816. The van der Waals surface area contributed by atoms with E-state index in [-0.39, 0.29) is 6.10 Å². The number of anilines is 1. The summed E-state index contributed by atoms with van der Waals surface area (Å²) < 4.78 is 5.62. The van der Waals surface area contributed by atoms with Crippen LogP contribution in [0.15, 0.2) is 54.2 Å². The van der Waals surface area contributed by atoms with Gasteiger partial charge in [-0.15, -0.1) is 0 Å². The Morgan fingerprint density at radius 3 is 2.43 bits per heavy atom. The summed E-state index contributed by atoms with van der Waals surface area (Å²) in [5.41, 5.74) is 17.1. The van der Waals surface area contributed by atoms with Gasteiger partial charge in [0.15, 0.2) is 0 Å². The van der Waals surface area contributed by atoms with Gasteiger partial charge in [-0.05, 0) is 43.5 Å². The first-order chi connectivity index (χ1) is 13.5. The van der Waals surface area contributed by atoms with E-state index in [4.69, 9.17) is 10.5 Å². The van der Waals surface area contributed by atoms with E-state index in [1.54, 1.807) is 7.05 Å². The van der Waals surface area contributed by atoms with Gasteiger partial charge in [-0.1, -0.05) is 49.7 Å². The molecule has 6 nitrogen and oxygen atoms in total. The number of rotatable bonds is 8. The molecule has 2 rings (SSSR count). The van der Waals surface area contributed by atoms with Gasteiger partial charge in [0.25, 0.3) is 0 Å². The topological polar surface area (TPSA) is 88.4 Å². The third-order valence-corrected chi connectivity index (χ3v) is 4.41. The molecule has 1 atom stereocenters. The molecule has 0 saturated heterocycles. The zero-order chi connectivity index (χ0) is 20.5. The number of carbonyl (C=O) groups is 1. The van der Waals surface area contributed by atoms with Crippen molar-refractivity contribution in [3.63, 3.8) is 0 Å². The number of benzene rings is 2. The number of aryl methyl sites for hydroxylation is 1. The van der Waals surface area contributed by atoms with Gasteiger partial charge < -0.3 is 15.9 Å². The molecule has 0 heterocycles. The fraction of sp³-hybridized carbons (Fsp3) is 0.318. The van der Waals surface area contributed by atoms with Crippen LogP contribution in [0, 0.1) is 6.92 Å². The normalized spacial score (nSPS) is 12.7. The average molecular weight is 383 g/mol. The highest BCUT2D eigenvalue weighted by Crippen LogP contribution is 2.22. The van der Waals surface area contributed by atoms with Crippen molar-refractivity contribution >= 4 is 17.5 Å². The van der Waals surface area contributed by atoms with Crippen LogP contribution < -0.4 is 21.9 Å². The number of hydrogen-bond donors (Lipinski definition) is 4. The molecule has 0 aliphatic rings. The molecular weight excluding hydrogens is 352 g/mol. The molecule has 2 aromatic rings. The Balaban J connectivity index is 2.23. The van der Waals surface area contributed by atoms with Crippen molar-refractivity contribution in [3.05, 3.63) is 70.9 Å². The van der Waals surface area contributed by atoms with Crippen LogP contribution in [-0.2, 0) is 4.74 Å². The number of nitrogens with two attached hydrogens (primary N) is 1. The van der Waals surface area contributed by atoms with Crippen LogP contribution in [0.25, 0.3) is 5.70 Å². The lowest BCUT2D eigenvalue weighted by Gasteiger charge is -2.20. The second-order valence-electron chi connectivity index (χ2n) is 6.63. The Morgan fingerprint density at radius 2 is 1.82 bits per heavy atom. The van der Waals surface area contributed by atoms with Crippen LogP contribution in [0.1, 0.15) is 49.5 Å². The summed E-state index contributed by atoms with van der Waals surface area (Å²) in [6.07, 6.45) is 0.723. The second-order valence-corrected chi connectivity index (χ2v) is 6.63. The number of nitrogen functional groups attached to an aromatic ring is 1. The number of ether oxygens (including phenoxy) is 1. The van der Waals surface area contributed by atoms with E-state index in [0.29, 0.717) is 12.1 Å². The minimum atomic E-state index is -0.481. The highest BCUT2D eigenvalue weighted by Gasteiger charge is 2.17. The van der Waals surface area contributed by atoms with Gasteiger partial charge in [-0.3, -0.25) is 5.32 Å². The van der Waals surface area contributed by atoms with Crippen molar-refractivity contribution < 1.29 is 9.53 Å². The zero-order valence-corrected chi connectivity index (χ0v) is 17.0. The van der Waals surface area contributed by atoms with Crippen LogP contribution in [0.5, 0.6) is 0 Å². The molecule has 0 saturated carbocycles. The molecule has 0 spiro atoms. The molecule has 1 unspecified atom stereocenters. The summed E-state index contributed by atoms with van der Waals surface area (Å²) in [6, 6.07) is 15.4. The Labute approximate surface area is 167 Å². The first-order valence-electron chi connectivity index (χ1n) is 9.51. The summed E-state index contributed by atoms with van der Waals surface area (Å²) in [6.45, 7) is 5.94. The molecule has 0 radical (unpaired) electrons. The highest BCUT2D eigenvalue weighted by molar-refractivity contribution is 5.76. The molecule has 2 aromatic carbocycles. The fourth-order valence-electron chi connectivity index (χ4n) is 3.02. The number of nitrogens with one attached hydrogen (secondary N) is 3. The van der Waals surface area contributed by atoms with Crippen LogP contribution in [0.3, 0.4) is 0 Å². The lowest BCUT2D eigenvalue weighted by Crippen LogP contribution is -2.32.